The lowest BCUT2D eigenvalue weighted by molar-refractivity contribution is 0.103. The van der Waals surface area contributed by atoms with Crippen LogP contribution < -0.4 is 5.73 Å². The third-order valence-electron chi connectivity index (χ3n) is 2.28. The molecule has 17 heavy (non-hydrogen) atoms. The highest BCUT2D eigenvalue weighted by atomic mass is 35.5. The number of rotatable bonds is 2. The Hall–Kier alpha value is -1.94. The van der Waals surface area contributed by atoms with Crippen molar-refractivity contribution in [3.63, 3.8) is 0 Å². The number of carbonyl (C=O) groups is 1. The number of anilines is 1. The molecule has 2 rings (SSSR count). The van der Waals surface area contributed by atoms with E-state index < -0.39 is 0 Å². The van der Waals surface area contributed by atoms with Gasteiger partial charge in [-0.3, -0.25) is 9.78 Å². The standard InChI is InChI=1S/C12H10ClN3O/c1-7-2-3-15-10(4-7)11(17)9-5-8(13)6-16-12(9)14/h2-6H,1H3,(H2,14,16). The van der Waals surface area contributed by atoms with Crippen molar-refractivity contribution in [2.24, 2.45) is 0 Å². The van der Waals surface area contributed by atoms with Gasteiger partial charge in [0.15, 0.2) is 0 Å². The number of hydrogen-bond acceptors (Lipinski definition) is 4. The Morgan fingerprint density at radius 3 is 2.82 bits per heavy atom. The van der Waals surface area contributed by atoms with Crippen LogP contribution in [0.5, 0.6) is 0 Å². The Morgan fingerprint density at radius 2 is 2.12 bits per heavy atom. The van der Waals surface area contributed by atoms with Gasteiger partial charge in [0.1, 0.15) is 11.5 Å². The minimum Gasteiger partial charge on any atom is -0.383 e. The Kier molecular flexibility index (Phi) is 3.06. The van der Waals surface area contributed by atoms with Gasteiger partial charge in [0.2, 0.25) is 5.78 Å². The number of carbonyl (C=O) groups excluding carboxylic acids is 1. The van der Waals surface area contributed by atoms with E-state index in [1.165, 1.54) is 12.3 Å². The summed E-state index contributed by atoms with van der Waals surface area (Å²) in [5.74, 6) is -0.121. The summed E-state index contributed by atoms with van der Waals surface area (Å²) in [5, 5.41) is 0.371. The zero-order chi connectivity index (χ0) is 12.4. The van der Waals surface area contributed by atoms with Gasteiger partial charge in [0.05, 0.1) is 10.6 Å². The minimum absolute atomic E-state index is 0.155. The topological polar surface area (TPSA) is 68.9 Å². The smallest absolute Gasteiger partial charge is 0.215 e. The lowest BCUT2D eigenvalue weighted by atomic mass is 10.1. The molecule has 4 nitrogen and oxygen atoms in total. The van der Waals surface area contributed by atoms with Crippen LogP contribution in [0.4, 0.5) is 5.82 Å². The summed E-state index contributed by atoms with van der Waals surface area (Å²) in [6.07, 6.45) is 2.98. The molecule has 0 aliphatic carbocycles. The van der Waals surface area contributed by atoms with Gasteiger partial charge in [-0.25, -0.2) is 4.98 Å². The zero-order valence-electron chi connectivity index (χ0n) is 9.14. The highest BCUT2D eigenvalue weighted by molar-refractivity contribution is 6.31. The summed E-state index contributed by atoms with van der Waals surface area (Å²) in [6, 6.07) is 5.01. The monoisotopic (exact) mass is 247 g/mol. The van der Waals surface area contributed by atoms with Crippen molar-refractivity contribution in [1.29, 1.82) is 0 Å². The maximum Gasteiger partial charge on any atom is 0.215 e. The first kappa shape index (κ1) is 11.5. The van der Waals surface area contributed by atoms with Crippen molar-refractivity contribution in [2.45, 2.75) is 6.92 Å². The SMILES string of the molecule is Cc1ccnc(C(=O)c2cc(Cl)cnc2N)c1. The van der Waals surface area contributed by atoms with Crippen molar-refractivity contribution in [1.82, 2.24) is 9.97 Å². The second-order valence-corrected chi connectivity index (χ2v) is 4.07. The van der Waals surface area contributed by atoms with Crippen LogP contribution in [0, 0.1) is 6.92 Å². The molecule has 2 aromatic heterocycles. The minimum atomic E-state index is -0.277. The fourth-order valence-electron chi connectivity index (χ4n) is 1.43. The molecule has 0 atom stereocenters. The van der Waals surface area contributed by atoms with Gasteiger partial charge in [-0.15, -0.1) is 0 Å². The Bertz CT molecular complexity index is 584. The van der Waals surface area contributed by atoms with Crippen LogP contribution in [0.15, 0.2) is 30.6 Å². The van der Waals surface area contributed by atoms with Crippen LogP contribution in [0.3, 0.4) is 0 Å². The summed E-state index contributed by atoms with van der Waals surface area (Å²) in [6.45, 7) is 1.89. The number of aromatic nitrogens is 2. The molecule has 0 saturated heterocycles. The van der Waals surface area contributed by atoms with Gasteiger partial charge in [0, 0.05) is 12.4 Å². The van der Waals surface area contributed by atoms with E-state index in [-0.39, 0.29) is 17.2 Å². The molecule has 2 heterocycles. The first-order chi connectivity index (χ1) is 8.08. The number of halogens is 1. The van der Waals surface area contributed by atoms with Crippen LogP contribution in [-0.4, -0.2) is 15.8 Å². The number of hydrogen-bond donors (Lipinski definition) is 1. The quantitative estimate of drug-likeness (QED) is 0.827. The number of aryl methyl sites for hydroxylation is 1. The molecule has 0 bridgehead atoms. The summed E-state index contributed by atoms with van der Waals surface area (Å²) in [5.41, 5.74) is 7.21. The number of nitrogen functional groups attached to an aromatic ring is 1. The number of nitrogens with zero attached hydrogens (tertiary/aromatic N) is 2. The summed E-state index contributed by atoms with van der Waals surface area (Å²) >= 11 is 5.79. The number of nitrogens with two attached hydrogens (primary N) is 1. The summed E-state index contributed by atoms with van der Waals surface area (Å²) < 4.78 is 0. The van der Waals surface area contributed by atoms with E-state index in [0.717, 1.165) is 5.56 Å². The molecule has 0 aliphatic rings. The van der Waals surface area contributed by atoms with Gasteiger partial charge >= 0.3 is 0 Å². The molecule has 0 spiro atoms. The Morgan fingerprint density at radius 1 is 1.35 bits per heavy atom. The van der Waals surface area contributed by atoms with Crippen LogP contribution in [-0.2, 0) is 0 Å². The Balaban J connectivity index is 2.47. The lowest BCUT2D eigenvalue weighted by Crippen LogP contribution is -2.08. The van der Waals surface area contributed by atoms with Gasteiger partial charge in [-0.1, -0.05) is 11.6 Å². The van der Waals surface area contributed by atoms with Crippen LogP contribution >= 0.6 is 11.6 Å². The molecular formula is C12H10ClN3O. The average molecular weight is 248 g/mol. The molecular weight excluding hydrogens is 238 g/mol. The second-order valence-electron chi connectivity index (χ2n) is 3.63. The molecule has 0 aliphatic heterocycles. The van der Waals surface area contributed by atoms with Crippen molar-refractivity contribution in [2.75, 3.05) is 5.73 Å². The molecule has 0 radical (unpaired) electrons. The maximum atomic E-state index is 12.1. The van der Waals surface area contributed by atoms with E-state index in [9.17, 15) is 4.79 Å². The maximum absolute atomic E-state index is 12.1. The molecule has 0 amide bonds. The molecule has 0 unspecified atom stereocenters. The normalized spacial score (nSPS) is 10.2. The molecule has 86 valence electrons. The molecule has 5 heteroatoms. The first-order valence-corrected chi connectivity index (χ1v) is 5.34. The van der Waals surface area contributed by atoms with E-state index in [4.69, 9.17) is 17.3 Å². The molecule has 2 aromatic rings. The van der Waals surface area contributed by atoms with Gasteiger partial charge in [-0.2, -0.15) is 0 Å². The second kappa shape index (κ2) is 4.51. The van der Waals surface area contributed by atoms with E-state index in [2.05, 4.69) is 9.97 Å². The summed E-state index contributed by atoms with van der Waals surface area (Å²) in [4.78, 5) is 20.0. The third kappa shape index (κ3) is 2.42. The van der Waals surface area contributed by atoms with Crippen LogP contribution in [0.25, 0.3) is 0 Å². The van der Waals surface area contributed by atoms with Gasteiger partial charge < -0.3 is 5.73 Å². The van der Waals surface area contributed by atoms with E-state index in [1.807, 2.05) is 13.0 Å². The van der Waals surface area contributed by atoms with Crippen molar-refractivity contribution in [3.8, 4) is 0 Å². The largest absolute Gasteiger partial charge is 0.383 e. The molecule has 2 N–H and O–H groups in total. The van der Waals surface area contributed by atoms with Crippen molar-refractivity contribution < 1.29 is 4.79 Å². The number of pyridine rings is 2. The predicted octanol–water partition coefficient (Wildman–Crippen LogP) is 2.25. The number of ketones is 1. The Labute approximate surface area is 103 Å². The third-order valence-corrected chi connectivity index (χ3v) is 2.48. The summed E-state index contributed by atoms with van der Waals surface area (Å²) in [7, 11) is 0. The first-order valence-electron chi connectivity index (χ1n) is 4.96. The van der Waals surface area contributed by atoms with Gasteiger partial charge in [0.25, 0.3) is 0 Å². The van der Waals surface area contributed by atoms with Crippen LogP contribution in [0.1, 0.15) is 21.6 Å². The van der Waals surface area contributed by atoms with E-state index in [1.54, 1.807) is 12.3 Å². The predicted molar refractivity (Wildman–Crippen MR) is 66.1 cm³/mol. The van der Waals surface area contributed by atoms with Gasteiger partial charge in [-0.05, 0) is 30.7 Å². The van der Waals surface area contributed by atoms with Crippen molar-refractivity contribution >= 4 is 23.2 Å². The molecule has 0 aromatic carbocycles. The average Bonchev–Trinajstić information content (AvgIpc) is 2.31. The lowest BCUT2D eigenvalue weighted by Gasteiger charge is -2.04. The fourth-order valence-corrected chi connectivity index (χ4v) is 1.59. The van der Waals surface area contributed by atoms with Crippen molar-refractivity contribution in [3.05, 3.63) is 52.4 Å². The van der Waals surface area contributed by atoms with E-state index in [0.29, 0.717) is 10.7 Å². The highest BCUT2D eigenvalue weighted by Gasteiger charge is 2.15. The molecule has 0 saturated carbocycles. The fraction of sp³-hybridized carbons (Fsp3) is 0.0833. The highest BCUT2D eigenvalue weighted by Crippen LogP contribution is 2.18. The zero-order valence-corrected chi connectivity index (χ0v) is 9.90. The molecule has 0 fully saturated rings. The van der Waals surface area contributed by atoms with Crippen LogP contribution in [0.2, 0.25) is 5.02 Å². The van der Waals surface area contributed by atoms with E-state index >= 15 is 0 Å².